The molecule has 30 heavy (non-hydrogen) atoms. The van der Waals surface area contributed by atoms with Gasteiger partial charge in [-0.3, -0.25) is 4.98 Å². The number of benzene rings is 1. The molecular weight excluding hydrogens is 395 g/mol. The van der Waals surface area contributed by atoms with Gasteiger partial charge in [-0.2, -0.15) is 0 Å². The molecule has 0 amide bonds. The molecule has 0 atom stereocenters. The van der Waals surface area contributed by atoms with Crippen molar-refractivity contribution >= 4 is 27.4 Å². The second kappa shape index (κ2) is 8.48. The second-order valence-electron chi connectivity index (χ2n) is 7.64. The van der Waals surface area contributed by atoms with Crippen molar-refractivity contribution in [2.75, 3.05) is 11.9 Å². The molecule has 5 rings (SSSR count). The van der Waals surface area contributed by atoms with Crippen LogP contribution in [0.25, 0.3) is 21.6 Å². The molecule has 6 heteroatoms. The number of pyridine rings is 1. The lowest BCUT2D eigenvalue weighted by atomic mass is 9.97. The maximum absolute atomic E-state index is 13.9. The standard InChI is InChI=1S/C24H23FN4S/c25-19-9-3-1-6-16(19)7-5-13-27-23-21-18-8-2-4-10-20(18)30-24(21)29-22(28-23)17-11-14-26-15-12-17/h1,3,6,9,11-12,14-15H,2,4-5,7-8,10,13H2,(H,27,28,29). The maximum atomic E-state index is 13.9. The average molecular weight is 419 g/mol. The minimum atomic E-state index is -0.131. The molecule has 0 aliphatic heterocycles. The summed E-state index contributed by atoms with van der Waals surface area (Å²) in [6.45, 7) is 0.737. The second-order valence-corrected chi connectivity index (χ2v) is 8.73. The molecule has 4 nitrogen and oxygen atoms in total. The van der Waals surface area contributed by atoms with Gasteiger partial charge in [0.05, 0.1) is 5.39 Å². The lowest BCUT2D eigenvalue weighted by molar-refractivity contribution is 0.606. The largest absolute Gasteiger partial charge is 0.369 e. The van der Waals surface area contributed by atoms with E-state index in [0.717, 1.165) is 53.4 Å². The van der Waals surface area contributed by atoms with E-state index in [9.17, 15) is 4.39 Å². The van der Waals surface area contributed by atoms with E-state index in [-0.39, 0.29) is 5.82 Å². The van der Waals surface area contributed by atoms with E-state index in [0.29, 0.717) is 6.42 Å². The Morgan fingerprint density at radius 1 is 1.00 bits per heavy atom. The number of fused-ring (bicyclic) bond motifs is 3. The summed E-state index contributed by atoms with van der Waals surface area (Å²) in [5, 5.41) is 4.72. The van der Waals surface area contributed by atoms with Crippen LogP contribution in [0.4, 0.5) is 10.2 Å². The molecule has 1 aliphatic rings. The van der Waals surface area contributed by atoms with Crippen molar-refractivity contribution in [3.63, 3.8) is 0 Å². The topological polar surface area (TPSA) is 50.7 Å². The SMILES string of the molecule is Fc1ccccc1CCCNc1nc(-c2ccncc2)nc2sc3c(c12)CCCC3. The molecule has 1 aliphatic carbocycles. The lowest BCUT2D eigenvalue weighted by Crippen LogP contribution is -2.08. The van der Waals surface area contributed by atoms with E-state index in [1.807, 2.05) is 24.3 Å². The number of rotatable bonds is 6. The third-order valence-corrected chi connectivity index (χ3v) is 6.81. The van der Waals surface area contributed by atoms with E-state index in [4.69, 9.17) is 9.97 Å². The molecule has 0 fully saturated rings. The van der Waals surface area contributed by atoms with E-state index in [1.165, 1.54) is 34.7 Å². The number of aromatic nitrogens is 3. The first-order valence-electron chi connectivity index (χ1n) is 10.5. The summed E-state index contributed by atoms with van der Waals surface area (Å²) in [6.07, 6.45) is 9.77. The number of halogens is 1. The maximum Gasteiger partial charge on any atom is 0.163 e. The van der Waals surface area contributed by atoms with Crippen molar-refractivity contribution in [2.45, 2.75) is 38.5 Å². The van der Waals surface area contributed by atoms with Gasteiger partial charge in [-0.15, -0.1) is 11.3 Å². The Balaban J connectivity index is 1.44. The summed E-state index contributed by atoms with van der Waals surface area (Å²) in [5.74, 6) is 1.49. The number of hydrogen-bond donors (Lipinski definition) is 1. The van der Waals surface area contributed by atoms with Crippen molar-refractivity contribution < 1.29 is 4.39 Å². The molecule has 0 radical (unpaired) electrons. The summed E-state index contributed by atoms with van der Waals surface area (Å²) < 4.78 is 13.9. The molecule has 0 unspecified atom stereocenters. The van der Waals surface area contributed by atoms with Gasteiger partial charge in [0.2, 0.25) is 0 Å². The monoisotopic (exact) mass is 418 g/mol. The highest BCUT2D eigenvalue weighted by Crippen LogP contribution is 2.39. The quantitative estimate of drug-likeness (QED) is 0.401. The number of anilines is 1. The number of aryl methyl sites for hydroxylation is 3. The molecule has 1 aromatic carbocycles. The fourth-order valence-corrected chi connectivity index (χ4v) is 5.36. The van der Waals surface area contributed by atoms with Crippen LogP contribution in [0.15, 0.2) is 48.8 Å². The van der Waals surface area contributed by atoms with Gasteiger partial charge in [0.25, 0.3) is 0 Å². The summed E-state index contributed by atoms with van der Waals surface area (Å²) in [5.41, 5.74) is 3.14. The number of nitrogens with zero attached hydrogens (tertiary/aromatic N) is 3. The fourth-order valence-electron chi connectivity index (χ4n) is 4.10. The molecule has 0 saturated heterocycles. The highest BCUT2D eigenvalue weighted by atomic mass is 32.1. The summed E-state index contributed by atoms with van der Waals surface area (Å²) in [7, 11) is 0. The van der Waals surface area contributed by atoms with Crippen molar-refractivity contribution in [2.24, 2.45) is 0 Å². The van der Waals surface area contributed by atoms with Gasteiger partial charge in [-0.05, 0) is 67.9 Å². The molecule has 0 bridgehead atoms. The summed E-state index contributed by atoms with van der Waals surface area (Å²) in [6, 6.07) is 10.9. The first kappa shape index (κ1) is 19.1. The van der Waals surface area contributed by atoms with Crippen molar-refractivity contribution in [1.82, 2.24) is 15.0 Å². The first-order valence-corrected chi connectivity index (χ1v) is 11.3. The summed E-state index contributed by atoms with van der Waals surface area (Å²) >= 11 is 1.80. The Labute approximate surface area is 179 Å². The average Bonchev–Trinajstić information content (AvgIpc) is 3.17. The number of hydrogen-bond acceptors (Lipinski definition) is 5. The van der Waals surface area contributed by atoms with Crippen LogP contribution < -0.4 is 5.32 Å². The summed E-state index contributed by atoms with van der Waals surface area (Å²) in [4.78, 5) is 16.4. The van der Waals surface area contributed by atoms with Crippen molar-refractivity contribution in [3.8, 4) is 11.4 Å². The van der Waals surface area contributed by atoms with Gasteiger partial charge in [-0.1, -0.05) is 18.2 Å². The Morgan fingerprint density at radius 2 is 1.83 bits per heavy atom. The Morgan fingerprint density at radius 3 is 2.70 bits per heavy atom. The number of thiophene rings is 1. The van der Waals surface area contributed by atoms with Crippen LogP contribution in [-0.4, -0.2) is 21.5 Å². The molecule has 0 spiro atoms. The molecule has 4 aromatic rings. The van der Waals surface area contributed by atoms with Gasteiger partial charge >= 0.3 is 0 Å². The first-order chi connectivity index (χ1) is 14.8. The highest BCUT2D eigenvalue weighted by Gasteiger charge is 2.21. The van der Waals surface area contributed by atoms with Gasteiger partial charge in [0.15, 0.2) is 5.82 Å². The Kier molecular flexibility index (Phi) is 5.41. The predicted octanol–water partition coefficient (Wildman–Crippen LogP) is 5.82. The molecule has 152 valence electrons. The van der Waals surface area contributed by atoms with Crippen LogP contribution in [0.5, 0.6) is 0 Å². The van der Waals surface area contributed by atoms with Crippen LogP contribution in [0.3, 0.4) is 0 Å². The van der Waals surface area contributed by atoms with Crippen molar-refractivity contribution in [1.29, 1.82) is 0 Å². The van der Waals surface area contributed by atoms with Gasteiger partial charge in [0.1, 0.15) is 16.5 Å². The van der Waals surface area contributed by atoms with Gasteiger partial charge in [0, 0.05) is 29.4 Å². The lowest BCUT2D eigenvalue weighted by Gasteiger charge is -2.13. The normalized spacial score (nSPS) is 13.4. The number of nitrogens with one attached hydrogen (secondary N) is 1. The molecule has 3 aromatic heterocycles. The van der Waals surface area contributed by atoms with E-state index in [2.05, 4.69) is 10.3 Å². The van der Waals surface area contributed by atoms with E-state index >= 15 is 0 Å². The molecule has 1 N–H and O–H groups in total. The van der Waals surface area contributed by atoms with E-state index < -0.39 is 0 Å². The molecule has 0 saturated carbocycles. The third-order valence-electron chi connectivity index (χ3n) is 5.63. The van der Waals surface area contributed by atoms with Crippen LogP contribution >= 0.6 is 11.3 Å². The highest BCUT2D eigenvalue weighted by molar-refractivity contribution is 7.19. The fraction of sp³-hybridized carbons (Fsp3) is 0.292. The van der Waals surface area contributed by atoms with Gasteiger partial charge < -0.3 is 5.32 Å². The van der Waals surface area contributed by atoms with Gasteiger partial charge in [-0.25, -0.2) is 14.4 Å². The molecule has 3 heterocycles. The van der Waals surface area contributed by atoms with E-state index in [1.54, 1.807) is 29.8 Å². The zero-order valence-corrected chi connectivity index (χ0v) is 17.5. The zero-order valence-electron chi connectivity index (χ0n) is 16.7. The van der Waals surface area contributed by atoms with Crippen LogP contribution in [0.2, 0.25) is 0 Å². The van der Waals surface area contributed by atoms with Crippen LogP contribution in [0, 0.1) is 5.82 Å². The Bertz CT molecular complexity index is 1170. The zero-order chi connectivity index (χ0) is 20.3. The minimum absolute atomic E-state index is 0.131. The smallest absolute Gasteiger partial charge is 0.163 e. The predicted molar refractivity (Wildman–Crippen MR) is 120 cm³/mol. The minimum Gasteiger partial charge on any atom is -0.369 e. The third kappa shape index (κ3) is 3.79. The Hall–Kier alpha value is -2.86. The van der Waals surface area contributed by atoms with Crippen molar-refractivity contribution in [3.05, 3.63) is 70.6 Å². The molecular formula is C24H23FN4S. The van der Waals surface area contributed by atoms with Crippen LogP contribution in [-0.2, 0) is 19.3 Å². The van der Waals surface area contributed by atoms with Crippen LogP contribution in [0.1, 0.15) is 35.3 Å².